The topological polar surface area (TPSA) is 119 Å². The molecular weight excluding hydrogens is 350 g/mol. The third-order valence-corrected chi connectivity index (χ3v) is 3.54. The average Bonchev–Trinajstić information content (AvgIpc) is 2.98. The fourth-order valence-electron chi connectivity index (χ4n) is 2.43. The van der Waals surface area contributed by atoms with Gasteiger partial charge in [0.05, 0.1) is 33.8 Å². The summed E-state index contributed by atoms with van der Waals surface area (Å²) in [4.78, 5) is 35.8. The highest BCUT2D eigenvalue weighted by molar-refractivity contribution is 5.90. The molecule has 0 radical (unpaired) electrons. The number of hydrogen-bond acceptors (Lipinski definition) is 6. The van der Waals surface area contributed by atoms with E-state index < -0.39 is 43.6 Å². The number of halogens is 1. The number of anilines is 2. The van der Waals surface area contributed by atoms with Crippen molar-refractivity contribution in [1.82, 2.24) is 5.32 Å². The summed E-state index contributed by atoms with van der Waals surface area (Å²) in [6.45, 7) is -2.54. The molecule has 2 amide bonds. The summed E-state index contributed by atoms with van der Waals surface area (Å²) < 4.78 is 35.0. The molecule has 1 aliphatic rings. The maximum absolute atomic E-state index is 14.6. The first-order valence-electron chi connectivity index (χ1n) is 8.72. The van der Waals surface area contributed by atoms with Crippen LogP contribution in [0.2, 0.25) is 0 Å². The molecule has 0 bridgehead atoms. The largest absolute Gasteiger partial charge is 0.480 e. The Hall–Kier alpha value is -2.88. The third-order valence-electron chi connectivity index (χ3n) is 3.54. The Morgan fingerprint density at radius 3 is 2.85 bits per heavy atom. The quantitative estimate of drug-likeness (QED) is 0.557. The lowest BCUT2D eigenvalue weighted by atomic mass is 10.2. The normalized spacial score (nSPS) is 18.0. The minimum atomic E-state index is -2.96. The van der Waals surface area contributed by atoms with E-state index in [1.165, 1.54) is 13.0 Å². The second kappa shape index (κ2) is 8.48. The Morgan fingerprint density at radius 1 is 1.54 bits per heavy atom. The predicted octanol–water partition coefficient (Wildman–Crippen LogP) is 0.170. The van der Waals surface area contributed by atoms with E-state index in [-0.39, 0.29) is 30.4 Å². The van der Waals surface area contributed by atoms with Crippen LogP contribution in [0.1, 0.15) is 9.67 Å². The molecule has 26 heavy (non-hydrogen) atoms. The molecule has 2 rings (SSSR count). The lowest BCUT2D eigenvalue weighted by Crippen LogP contribution is -2.34. The minimum absolute atomic E-state index is 0.0637. The summed E-state index contributed by atoms with van der Waals surface area (Å²) in [6, 6.07) is 3.37. The molecule has 0 aromatic heterocycles. The van der Waals surface area contributed by atoms with Crippen LogP contribution in [0, 0.1) is 5.82 Å². The van der Waals surface area contributed by atoms with Crippen LogP contribution in [0.25, 0.3) is 0 Å². The van der Waals surface area contributed by atoms with E-state index >= 15 is 0 Å². The number of aliphatic carboxylic acids is 1. The zero-order valence-corrected chi connectivity index (χ0v) is 13.9. The molecule has 1 heterocycles. The summed E-state index contributed by atoms with van der Waals surface area (Å²) in [6.07, 6.45) is -1.36. The van der Waals surface area contributed by atoms with Gasteiger partial charge >= 0.3 is 12.1 Å². The molecule has 0 aliphatic carbocycles. The van der Waals surface area contributed by atoms with Crippen molar-refractivity contribution in [2.75, 3.05) is 42.5 Å². The summed E-state index contributed by atoms with van der Waals surface area (Å²) in [5, 5.41) is 20.7. The van der Waals surface area contributed by atoms with Crippen LogP contribution in [0.3, 0.4) is 0 Å². The van der Waals surface area contributed by atoms with Gasteiger partial charge in [0.15, 0.2) is 0 Å². The van der Waals surface area contributed by atoms with Gasteiger partial charge in [-0.15, -0.1) is 0 Å². The Morgan fingerprint density at radius 2 is 2.27 bits per heavy atom. The SMILES string of the molecule is [2H]C([2H])([13C](=O)O)N(CCO)c1ccc(N2C[C@H](CNC(C)=O)OC2=O)cc1F. The van der Waals surface area contributed by atoms with Crippen molar-refractivity contribution in [3.05, 3.63) is 24.0 Å². The number of aliphatic hydroxyl groups is 1. The van der Waals surface area contributed by atoms with Gasteiger partial charge in [0.2, 0.25) is 5.91 Å². The van der Waals surface area contributed by atoms with Crippen molar-refractivity contribution in [2.24, 2.45) is 0 Å². The molecule has 142 valence electrons. The van der Waals surface area contributed by atoms with Crippen molar-refractivity contribution in [2.45, 2.75) is 13.0 Å². The molecule has 10 heteroatoms. The van der Waals surface area contributed by atoms with Gasteiger partial charge in [0.1, 0.15) is 18.4 Å². The van der Waals surface area contributed by atoms with Crippen LogP contribution in [0.15, 0.2) is 18.2 Å². The number of nitrogens with one attached hydrogen (secondary N) is 1. The molecule has 1 aromatic rings. The second-order valence-corrected chi connectivity index (χ2v) is 5.48. The molecule has 1 saturated heterocycles. The maximum atomic E-state index is 14.6. The standard InChI is InChI=1S/C16H20FN3O6/c1-10(22)18-7-12-8-20(16(25)26-12)11-2-3-14(13(17)6-11)19(4-5-21)9-15(23)24/h2-3,6,12,21H,4-5,7-9H2,1H3,(H,18,22)(H,23,24)/t12-/m0/s1/i9D2,15+1. The highest BCUT2D eigenvalue weighted by atomic mass is 19.1. The van der Waals surface area contributed by atoms with Crippen LogP contribution in [-0.2, 0) is 14.3 Å². The summed E-state index contributed by atoms with van der Waals surface area (Å²) >= 11 is 0. The number of aliphatic hydroxyl groups excluding tert-OH is 1. The van der Waals surface area contributed by atoms with E-state index in [9.17, 15) is 18.8 Å². The van der Waals surface area contributed by atoms with E-state index in [2.05, 4.69) is 5.32 Å². The number of hydrogen-bond donors (Lipinski definition) is 3. The van der Waals surface area contributed by atoms with Gasteiger partial charge < -0.3 is 25.2 Å². The van der Waals surface area contributed by atoms with Gasteiger partial charge in [-0.05, 0) is 18.2 Å². The first-order valence-corrected chi connectivity index (χ1v) is 7.72. The highest BCUT2D eigenvalue weighted by Crippen LogP contribution is 2.27. The van der Waals surface area contributed by atoms with Crippen LogP contribution in [0.4, 0.5) is 20.6 Å². The van der Waals surface area contributed by atoms with Crippen LogP contribution < -0.4 is 15.1 Å². The number of nitrogens with zero attached hydrogens (tertiary/aromatic N) is 2. The van der Waals surface area contributed by atoms with Gasteiger partial charge in [0.25, 0.3) is 0 Å². The molecule has 1 atom stereocenters. The second-order valence-electron chi connectivity index (χ2n) is 5.48. The number of amides is 2. The van der Waals surface area contributed by atoms with Gasteiger partial charge in [0, 0.05) is 13.5 Å². The first kappa shape index (κ1) is 16.6. The van der Waals surface area contributed by atoms with Crippen molar-refractivity contribution in [1.29, 1.82) is 0 Å². The van der Waals surface area contributed by atoms with Gasteiger partial charge in [-0.2, -0.15) is 0 Å². The summed E-state index contributed by atoms with van der Waals surface area (Å²) in [5.41, 5.74) is -0.260. The lowest BCUT2D eigenvalue weighted by molar-refractivity contribution is -0.135. The molecule has 1 fully saturated rings. The maximum Gasteiger partial charge on any atom is 0.414 e. The molecule has 1 aliphatic heterocycles. The number of ether oxygens (including phenoxy) is 1. The number of cyclic esters (lactones) is 1. The number of carbonyl (C=O) groups is 3. The van der Waals surface area contributed by atoms with Gasteiger partial charge in [-0.3, -0.25) is 14.5 Å². The molecule has 0 spiro atoms. The third kappa shape index (κ3) is 4.82. The number of benzene rings is 1. The molecule has 1 aromatic carbocycles. The molecule has 9 nitrogen and oxygen atoms in total. The van der Waals surface area contributed by atoms with Crippen molar-refractivity contribution < 1.29 is 36.5 Å². The van der Waals surface area contributed by atoms with Gasteiger partial charge in [-0.1, -0.05) is 0 Å². The first-order chi connectivity index (χ1) is 13.1. The average molecular weight is 372 g/mol. The van der Waals surface area contributed by atoms with Crippen LogP contribution in [-0.4, -0.2) is 67.0 Å². The molecule has 3 N–H and O–H groups in total. The monoisotopic (exact) mass is 372 g/mol. The summed E-state index contributed by atoms with van der Waals surface area (Å²) in [5.74, 6) is -3.11. The number of rotatable bonds is 8. The number of carbonyl (C=O) groups excluding carboxylic acids is 2. The van der Waals surface area contributed by atoms with Crippen LogP contribution >= 0.6 is 0 Å². The smallest absolute Gasteiger partial charge is 0.414 e. The molecule has 0 saturated carbocycles. The van der Waals surface area contributed by atoms with Crippen molar-refractivity contribution in [3.8, 4) is 0 Å². The fourth-order valence-corrected chi connectivity index (χ4v) is 2.43. The minimum Gasteiger partial charge on any atom is -0.480 e. The van der Waals surface area contributed by atoms with E-state index in [4.69, 9.17) is 17.7 Å². The Kier molecular flexibility index (Phi) is 5.40. The van der Waals surface area contributed by atoms with E-state index in [1.54, 1.807) is 0 Å². The Labute approximate surface area is 151 Å². The number of carboxylic acids is 1. The van der Waals surface area contributed by atoms with Crippen molar-refractivity contribution in [3.63, 3.8) is 0 Å². The van der Waals surface area contributed by atoms with Gasteiger partial charge in [-0.25, -0.2) is 9.18 Å². The highest BCUT2D eigenvalue weighted by Gasteiger charge is 2.33. The zero-order valence-electron chi connectivity index (χ0n) is 15.9. The van der Waals surface area contributed by atoms with E-state index in [1.807, 2.05) is 0 Å². The number of carboxylic acid groups (broad SMARTS) is 1. The Balaban J connectivity index is 2.25. The van der Waals surface area contributed by atoms with E-state index in [0.29, 0.717) is 4.90 Å². The molecular formula is C16H20FN3O6. The van der Waals surface area contributed by atoms with E-state index in [0.717, 1.165) is 17.0 Å². The zero-order chi connectivity index (χ0) is 21.1. The van der Waals surface area contributed by atoms with Crippen molar-refractivity contribution >= 4 is 29.3 Å². The Bertz CT molecular complexity index is 779. The molecule has 0 unspecified atom stereocenters. The summed E-state index contributed by atoms with van der Waals surface area (Å²) in [7, 11) is 0. The van der Waals surface area contributed by atoms with Crippen LogP contribution in [0.5, 0.6) is 0 Å². The lowest BCUT2D eigenvalue weighted by Gasteiger charge is -2.23. The predicted molar refractivity (Wildman–Crippen MR) is 89.6 cm³/mol. The fraction of sp³-hybridized carbons (Fsp3) is 0.438.